The third-order valence-electron chi connectivity index (χ3n) is 3.35. The molecule has 7 heteroatoms. The highest BCUT2D eigenvalue weighted by Gasteiger charge is 2.20. The lowest BCUT2D eigenvalue weighted by Crippen LogP contribution is -2.24. The highest BCUT2D eigenvalue weighted by atomic mass is 35.5. The van der Waals surface area contributed by atoms with Crippen molar-refractivity contribution in [1.29, 1.82) is 0 Å². The molecule has 2 aromatic rings. The van der Waals surface area contributed by atoms with E-state index in [4.69, 9.17) is 21.1 Å². The fraction of sp³-hybridized carbons (Fsp3) is 0.250. The van der Waals surface area contributed by atoms with Crippen molar-refractivity contribution >= 4 is 21.6 Å². The molecule has 124 valence electrons. The molecule has 23 heavy (non-hydrogen) atoms. The number of halogens is 1. The van der Waals surface area contributed by atoms with E-state index in [0.29, 0.717) is 22.1 Å². The van der Waals surface area contributed by atoms with Crippen molar-refractivity contribution in [2.24, 2.45) is 0 Å². The highest BCUT2D eigenvalue weighted by molar-refractivity contribution is 7.89. The first-order valence-corrected chi connectivity index (χ1v) is 8.70. The largest absolute Gasteiger partial charge is 0.493 e. The van der Waals surface area contributed by atoms with E-state index in [1.165, 1.54) is 20.3 Å². The number of hydrogen-bond acceptors (Lipinski definition) is 4. The smallest absolute Gasteiger partial charge is 0.241 e. The van der Waals surface area contributed by atoms with Gasteiger partial charge >= 0.3 is 0 Å². The summed E-state index contributed by atoms with van der Waals surface area (Å²) in [7, 11) is -0.708. The maximum absolute atomic E-state index is 12.5. The topological polar surface area (TPSA) is 64.6 Å². The van der Waals surface area contributed by atoms with E-state index < -0.39 is 10.0 Å². The minimum atomic E-state index is -3.68. The molecule has 0 aliphatic rings. The molecule has 0 radical (unpaired) electrons. The highest BCUT2D eigenvalue weighted by Crippen LogP contribution is 2.32. The van der Waals surface area contributed by atoms with Crippen LogP contribution in [0.3, 0.4) is 0 Å². The van der Waals surface area contributed by atoms with E-state index in [-0.39, 0.29) is 11.4 Å². The number of rotatable bonds is 6. The first-order valence-electron chi connectivity index (χ1n) is 6.84. The molecule has 0 fully saturated rings. The molecule has 0 amide bonds. The van der Waals surface area contributed by atoms with Crippen molar-refractivity contribution in [1.82, 2.24) is 4.72 Å². The third kappa shape index (κ3) is 4.16. The molecular weight excluding hydrogens is 338 g/mol. The first kappa shape index (κ1) is 17.6. The van der Waals surface area contributed by atoms with Crippen LogP contribution in [0.2, 0.25) is 5.02 Å². The molecule has 0 aliphatic carbocycles. The molecule has 0 unspecified atom stereocenters. The molecule has 0 saturated heterocycles. The Balaban J connectivity index is 2.27. The van der Waals surface area contributed by atoms with Crippen LogP contribution in [0.4, 0.5) is 0 Å². The van der Waals surface area contributed by atoms with Crippen LogP contribution >= 0.6 is 11.6 Å². The summed E-state index contributed by atoms with van der Waals surface area (Å²) in [6.45, 7) is 1.88. The summed E-state index contributed by atoms with van der Waals surface area (Å²) in [5, 5.41) is 0.604. The average molecular weight is 356 g/mol. The Morgan fingerprint density at radius 1 is 1.04 bits per heavy atom. The number of nitrogens with one attached hydrogen (secondary N) is 1. The summed E-state index contributed by atoms with van der Waals surface area (Å²) in [6.07, 6.45) is 0. The van der Waals surface area contributed by atoms with Crippen LogP contribution in [0.25, 0.3) is 0 Å². The molecule has 0 aliphatic heterocycles. The zero-order chi connectivity index (χ0) is 17.0. The van der Waals surface area contributed by atoms with Gasteiger partial charge in [0.2, 0.25) is 10.0 Å². The fourth-order valence-corrected chi connectivity index (χ4v) is 3.49. The SMILES string of the molecule is COc1cc(C)c(S(=O)(=O)NCc2ccc(Cl)cc2)cc1OC. The van der Waals surface area contributed by atoms with Gasteiger partial charge in [-0.3, -0.25) is 0 Å². The Morgan fingerprint density at radius 2 is 1.61 bits per heavy atom. The standard InChI is InChI=1S/C16H18ClNO4S/c1-11-8-14(21-2)15(22-3)9-16(11)23(19,20)18-10-12-4-6-13(17)7-5-12/h4-9,18H,10H2,1-3H3. The number of ether oxygens (including phenoxy) is 2. The Hall–Kier alpha value is -1.76. The lowest BCUT2D eigenvalue weighted by molar-refractivity contribution is 0.353. The lowest BCUT2D eigenvalue weighted by Gasteiger charge is -2.14. The van der Waals surface area contributed by atoms with Gasteiger partial charge in [-0.05, 0) is 36.2 Å². The van der Waals surface area contributed by atoms with Gasteiger partial charge in [-0.2, -0.15) is 0 Å². The van der Waals surface area contributed by atoms with Crippen LogP contribution in [0.15, 0.2) is 41.3 Å². The van der Waals surface area contributed by atoms with Crippen LogP contribution < -0.4 is 14.2 Å². The lowest BCUT2D eigenvalue weighted by atomic mass is 10.2. The maximum Gasteiger partial charge on any atom is 0.241 e. The van der Waals surface area contributed by atoms with Gasteiger partial charge in [0, 0.05) is 17.6 Å². The minimum Gasteiger partial charge on any atom is -0.493 e. The second-order valence-corrected chi connectivity index (χ2v) is 7.10. The zero-order valence-electron chi connectivity index (χ0n) is 13.1. The van der Waals surface area contributed by atoms with Crippen molar-refractivity contribution in [3.8, 4) is 11.5 Å². The van der Waals surface area contributed by atoms with E-state index >= 15 is 0 Å². The molecular formula is C16H18ClNO4S. The molecule has 0 heterocycles. The molecule has 5 nitrogen and oxygen atoms in total. The summed E-state index contributed by atoms with van der Waals surface area (Å²) in [4.78, 5) is 0.157. The van der Waals surface area contributed by atoms with Crippen LogP contribution in [0.1, 0.15) is 11.1 Å². The van der Waals surface area contributed by atoms with E-state index in [1.54, 1.807) is 37.3 Å². The molecule has 0 bridgehead atoms. The summed E-state index contributed by atoms with van der Waals surface area (Å²) in [6, 6.07) is 10.1. The van der Waals surface area contributed by atoms with Gasteiger partial charge in [0.05, 0.1) is 19.1 Å². The number of hydrogen-bond donors (Lipinski definition) is 1. The van der Waals surface area contributed by atoms with Crippen molar-refractivity contribution < 1.29 is 17.9 Å². The van der Waals surface area contributed by atoms with Crippen molar-refractivity contribution in [2.75, 3.05) is 14.2 Å². The van der Waals surface area contributed by atoms with Crippen LogP contribution in [-0.2, 0) is 16.6 Å². The van der Waals surface area contributed by atoms with Crippen LogP contribution in [0, 0.1) is 6.92 Å². The quantitative estimate of drug-likeness (QED) is 0.864. The van der Waals surface area contributed by atoms with Gasteiger partial charge in [-0.25, -0.2) is 13.1 Å². The van der Waals surface area contributed by atoms with Gasteiger partial charge < -0.3 is 9.47 Å². The third-order valence-corrected chi connectivity index (χ3v) is 5.15. The van der Waals surface area contributed by atoms with Gasteiger partial charge in [0.25, 0.3) is 0 Å². The molecule has 0 atom stereocenters. The Labute approximate surface area is 141 Å². The number of sulfonamides is 1. The molecule has 0 spiro atoms. The zero-order valence-corrected chi connectivity index (χ0v) is 14.7. The molecule has 0 saturated carbocycles. The van der Waals surface area contributed by atoms with E-state index in [0.717, 1.165) is 5.56 Å². The van der Waals surface area contributed by atoms with E-state index in [9.17, 15) is 8.42 Å². The van der Waals surface area contributed by atoms with Crippen molar-refractivity contribution in [3.63, 3.8) is 0 Å². The first-order chi connectivity index (χ1) is 10.9. The number of benzene rings is 2. The Bertz CT molecular complexity index is 788. The maximum atomic E-state index is 12.5. The monoisotopic (exact) mass is 355 g/mol. The Morgan fingerprint density at radius 3 is 2.17 bits per heavy atom. The summed E-state index contributed by atoms with van der Waals surface area (Å²) >= 11 is 5.82. The second kappa shape index (κ2) is 7.21. The van der Waals surface area contributed by atoms with Gasteiger partial charge in [-0.15, -0.1) is 0 Å². The normalized spacial score (nSPS) is 11.3. The molecule has 2 rings (SSSR count). The van der Waals surface area contributed by atoms with Gasteiger partial charge in [0.1, 0.15) is 0 Å². The van der Waals surface area contributed by atoms with Gasteiger partial charge in [0.15, 0.2) is 11.5 Å². The summed E-state index contributed by atoms with van der Waals surface area (Å²) in [5.74, 6) is 0.853. The number of methoxy groups -OCH3 is 2. The molecule has 2 aromatic carbocycles. The van der Waals surface area contributed by atoms with Crippen molar-refractivity contribution in [2.45, 2.75) is 18.4 Å². The fourth-order valence-electron chi connectivity index (χ4n) is 2.11. The minimum absolute atomic E-state index is 0.157. The van der Waals surface area contributed by atoms with E-state index in [1.807, 2.05) is 0 Å². The van der Waals surface area contributed by atoms with Crippen LogP contribution in [0.5, 0.6) is 11.5 Å². The van der Waals surface area contributed by atoms with Crippen LogP contribution in [-0.4, -0.2) is 22.6 Å². The molecule has 0 aromatic heterocycles. The second-order valence-electron chi connectivity index (χ2n) is 4.92. The predicted molar refractivity (Wildman–Crippen MR) is 89.8 cm³/mol. The van der Waals surface area contributed by atoms with Gasteiger partial charge in [-0.1, -0.05) is 23.7 Å². The summed E-state index contributed by atoms with van der Waals surface area (Å²) < 4.78 is 38.0. The number of aryl methyl sites for hydroxylation is 1. The average Bonchev–Trinajstić information content (AvgIpc) is 2.53. The van der Waals surface area contributed by atoms with Crippen molar-refractivity contribution in [3.05, 3.63) is 52.5 Å². The Kier molecular flexibility index (Phi) is 5.51. The predicted octanol–water partition coefficient (Wildman–Crippen LogP) is 3.14. The molecule has 1 N–H and O–H groups in total. The van der Waals surface area contributed by atoms with E-state index in [2.05, 4.69) is 4.72 Å². The summed E-state index contributed by atoms with van der Waals surface area (Å²) in [5.41, 5.74) is 1.39.